The molecule has 1 aliphatic heterocycles. The summed E-state index contributed by atoms with van der Waals surface area (Å²) in [5.41, 5.74) is 1.71. The first-order valence-corrected chi connectivity index (χ1v) is 8.38. The van der Waals surface area contributed by atoms with Crippen molar-refractivity contribution < 1.29 is 23.9 Å². The summed E-state index contributed by atoms with van der Waals surface area (Å²) in [6.07, 6.45) is -0.810. The number of nitrogens with one attached hydrogen (secondary N) is 1. The number of ether oxygens (including phenoxy) is 2. The summed E-state index contributed by atoms with van der Waals surface area (Å²) in [6, 6.07) is 7.49. The van der Waals surface area contributed by atoms with Crippen LogP contribution in [0.25, 0.3) is 0 Å². The molecule has 0 saturated carbocycles. The number of nitrogens with zero attached hydrogens (tertiary/aromatic N) is 1. The average Bonchev–Trinajstić information content (AvgIpc) is 2.61. The Morgan fingerprint density at radius 3 is 2.40 bits per heavy atom. The first-order chi connectivity index (χ1) is 12.0. The third kappa shape index (κ3) is 6.19. The van der Waals surface area contributed by atoms with Crippen LogP contribution >= 0.6 is 0 Å². The standard InChI is InChI=1S/C18H24N2O5/c1-13(21)3-8-17(22)25-14(2)18(23)19-15-4-6-16(7-5-15)20-9-11-24-12-10-20/h4-7,14H,3,8-12H2,1-2H3,(H,19,23)/t14-/m0/s1. The van der Waals surface area contributed by atoms with E-state index in [0.717, 1.165) is 18.8 Å². The lowest BCUT2D eigenvalue weighted by Crippen LogP contribution is -2.36. The van der Waals surface area contributed by atoms with Crippen molar-refractivity contribution in [3.05, 3.63) is 24.3 Å². The SMILES string of the molecule is CC(=O)CCC(=O)O[C@@H](C)C(=O)Nc1ccc(N2CCOCC2)cc1. The van der Waals surface area contributed by atoms with Crippen molar-refractivity contribution in [1.29, 1.82) is 0 Å². The van der Waals surface area contributed by atoms with Crippen molar-refractivity contribution in [2.24, 2.45) is 0 Å². The van der Waals surface area contributed by atoms with E-state index in [4.69, 9.17) is 9.47 Å². The maximum Gasteiger partial charge on any atom is 0.307 e. The van der Waals surface area contributed by atoms with Gasteiger partial charge in [-0.25, -0.2) is 0 Å². The lowest BCUT2D eigenvalue weighted by molar-refractivity contribution is -0.153. The Kier molecular flexibility index (Phi) is 6.94. The Balaban J connectivity index is 1.82. The molecule has 1 heterocycles. The number of hydrogen-bond donors (Lipinski definition) is 1. The summed E-state index contributed by atoms with van der Waals surface area (Å²) in [6.45, 7) is 6.03. The maximum atomic E-state index is 12.1. The van der Waals surface area contributed by atoms with E-state index >= 15 is 0 Å². The van der Waals surface area contributed by atoms with Crippen molar-refractivity contribution in [3.8, 4) is 0 Å². The molecule has 7 heteroatoms. The van der Waals surface area contributed by atoms with E-state index in [-0.39, 0.29) is 18.6 Å². The lowest BCUT2D eigenvalue weighted by atomic mass is 10.2. The molecule has 1 atom stereocenters. The number of carbonyl (C=O) groups excluding carboxylic acids is 3. The van der Waals surface area contributed by atoms with Gasteiger partial charge < -0.3 is 24.5 Å². The van der Waals surface area contributed by atoms with E-state index in [9.17, 15) is 14.4 Å². The molecule has 1 aromatic rings. The molecule has 25 heavy (non-hydrogen) atoms. The van der Waals surface area contributed by atoms with Crippen molar-refractivity contribution in [3.63, 3.8) is 0 Å². The molecule has 0 radical (unpaired) electrons. The van der Waals surface area contributed by atoms with E-state index in [0.29, 0.717) is 18.9 Å². The molecule has 7 nitrogen and oxygen atoms in total. The Labute approximate surface area is 147 Å². The Hall–Kier alpha value is -2.41. The van der Waals surface area contributed by atoms with Crippen molar-refractivity contribution in [2.75, 3.05) is 36.5 Å². The second-order valence-corrected chi connectivity index (χ2v) is 5.97. The van der Waals surface area contributed by atoms with E-state index in [1.807, 2.05) is 24.3 Å². The van der Waals surface area contributed by atoms with Crippen molar-refractivity contribution >= 4 is 29.0 Å². The molecule has 1 fully saturated rings. The third-order valence-electron chi connectivity index (χ3n) is 3.87. The van der Waals surface area contributed by atoms with Crippen LogP contribution in [0, 0.1) is 0 Å². The number of anilines is 2. The second kappa shape index (κ2) is 9.17. The smallest absolute Gasteiger partial charge is 0.307 e. The summed E-state index contributed by atoms with van der Waals surface area (Å²) in [7, 11) is 0. The number of carbonyl (C=O) groups is 3. The number of rotatable bonds is 7. The lowest BCUT2D eigenvalue weighted by Gasteiger charge is -2.28. The van der Waals surface area contributed by atoms with E-state index in [1.54, 1.807) is 0 Å². The van der Waals surface area contributed by atoms with Gasteiger partial charge in [0, 0.05) is 30.9 Å². The quantitative estimate of drug-likeness (QED) is 0.756. The highest BCUT2D eigenvalue weighted by Crippen LogP contribution is 2.19. The minimum Gasteiger partial charge on any atom is -0.453 e. The summed E-state index contributed by atoms with van der Waals surface area (Å²) in [5, 5.41) is 2.72. The number of hydrogen-bond acceptors (Lipinski definition) is 6. The first-order valence-electron chi connectivity index (χ1n) is 8.38. The topological polar surface area (TPSA) is 84.9 Å². The molecule has 0 spiro atoms. The van der Waals surface area contributed by atoms with Crippen LogP contribution in [0.1, 0.15) is 26.7 Å². The molecule has 2 rings (SSSR count). The minimum absolute atomic E-state index is 0.0127. The van der Waals surface area contributed by atoms with Crippen LogP contribution in [0.5, 0.6) is 0 Å². The van der Waals surface area contributed by atoms with Gasteiger partial charge in [0.2, 0.25) is 0 Å². The zero-order valence-corrected chi connectivity index (χ0v) is 14.6. The maximum absolute atomic E-state index is 12.1. The van der Waals surface area contributed by atoms with Gasteiger partial charge in [-0.1, -0.05) is 0 Å². The highest BCUT2D eigenvalue weighted by Gasteiger charge is 2.18. The van der Waals surface area contributed by atoms with E-state index in [2.05, 4.69) is 10.2 Å². The van der Waals surface area contributed by atoms with Crippen LogP contribution in [0.2, 0.25) is 0 Å². The monoisotopic (exact) mass is 348 g/mol. The summed E-state index contributed by atoms with van der Waals surface area (Å²) in [4.78, 5) is 36.7. The molecule has 1 saturated heterocycles. The van der Waals surface area contributed by atoms with Gasteiger partial charge in [-0.05, 0) is 38.1 Å². The van der Waals surface area contributed by atoms with Crippen LogP contribution < -0.4 is 10.2 Å². The van der Waals surface area contributed by atoms with Gasteiger partial charge in [-0.15, -0.1) is 0 Å². The normalized spacial score (nSPS) is 15.4. The fraction of sp³-hybridized carbons (Fsp3) is 0.500. The van der Waals surface area contributed by atoms with Gasteiger partial charge in [-0.3, -0.25) is 9.59 Å². The minimum atomic E-state index is -0.918. The number of Topliss-reactive ketones (excluding diaryl/α,β-unsaturated/α-hetero) is 1. The van der Waals surface area contributed by atoms with Crippen molar-refractivity contribution in [1.82, 2.24) is 0 Å². The van der Waals surface area contributed by atoms with E-state index < -0.39 is 18.0 Å². The van der Waals surface area contributed by atoms with Gasteiger partial charge >= 0.3 is 5.97 Å². The first kappa shape index (κ1) is 18.9. The molecule has 1 aliphatic rings. The van der Waals surface area contributed by atoms with Gasteiger partial charge in [0.1, 0.15) is 5.78 Å². The number of morpholine rings is 1. The highest BCUT2D eigenvalue weighted by atomic mass is 16.5. The predicted molar refractivity (Wildman–Crippen MR) is 93.6 cm³/mol. The van der Waals surface area contributed by atoms with Gasteiger partial charge in [0.25, 0.3) is 5.91 Å². The third-order valence-corrected chi connectivity index (χ3v) is 3.87. The second-order valence-electron chi connectivity index (χ2n) is 5.97. The average molecular weight is 348 g/mol. The Morgan fingerprint density at radius 1 is 1.16 bits per heavy atom. The van der Waals surface area contributed by atoms with Crippen LogP contribution in [-0.2, 0) is 23.9 Å². The predicted octanol–water partition coefficient (Wildman–Crippen LogP) is 1.76. The highest BCUT2D eigenvalue weighted by molar-refractivity contribution is 5.95. The van der Waals surface area contributed by atoms with Gasteiger partial charge in [-0.2, -0.15) is 0 Å². The van der Waals surface area contributed by atoms with Crippen LogP contribution in [-0.4, -0.2) is 50.1 Å². The molecule has 0 unspecified atom stereocenters. The number of ketones is 1. The van der Waals surface area contributed by atoms with Crippen LogP contribution in [0.3, 0.4) is 0 Å². The Bertz CT molecular complexity index is 608. The zero-order chi connectivity index (χ0) is 18.2. The molecule has 1 amide bonds. The molecule has 0 bridgehead atoms. The van der Waals surface area contributed by atoms with Gasteiger partial charge in [0.05, 0.1) is 19.6 Å². The summed E-state index contributed by atoms with van der Waals surface area (Å²) < 4.78 is 10.4. The molecular formula is C18H24N2O5. The number of esters is 1. The van der Waals surface area contributed by atoms with Crippen LogP contribution in [0.4, 0.5) is 11.4 Å². The fourth-order valence-corrected chi connectivity index (χ4v) is 2.41. The zero-order valence-electron chi connectivity index (χ0n) is 14.6. The fourth-order valence-electron chi connectivity index (χ4n) is 2.41. The van der Waals surface area contributed by atoms with Crippen LogP contribution in [0.15, 0.2) is 24.3 Å². The molecular weight excluding hydrogens is 324 g/mol. The molecule has 0 aromatic heterocycles. The number of benzene rings is 1. The summed E-state index contributed by atoms with van der Waals surface area (Å²) in [5.74, 6) is -1.05. The molecule has 1 N–H and O–H groups in total. The van der Waals surface area contributed by atoms with Crippen molar-refractivity contribution in [2.45, 2.75) is 32.8 Å². The Morgan fingerprint density at radius 2 is 1.80 bits per heavy atom. The summed E-state index contributed by atoms with van der Waals surface area (Å²) >= 11 is 0. The van der Waals surface area contributed by atoms with Gasteiger partial charge in [0.15, 0.2) is 6.10 Å². The number of amides is 1. The largest absolute Gasteiger partial charge is 0.453 e. The molecule has 0 aliphatic carbocycles. The van der Waals surface area contributed by atoms with E-state index in [1.165, 1.54) is 13.8 Å². The molecule has 1 aromatic carbocycles. The molecule has 136 valence electrons.